The Labute approximate surface area is 183 Å². The van der Waals surface area contributed by atoms with Gasteiger partial charge in [-0.15, -0.1) is 0 Å². The van der Waals surface area contributed by atoms with Crippen LogP contribution in [0.25, 0.3) is 0 Å². The number of aliphatic imine (C=N–C) groups is 1. The van der Waals surface area contributed by atoms with Gasteiger partial charge in [0.15, 0.2) is 5.96 Å². The molecule has 1 aromatic carbocycles. The van der Waals surface area contributed by atoms with Gasteiger partial charge in [0.05, 0.1) is 0 Å². The van der Waals surface area contributed by atoms with Crippen LogP contribution in [0.5, 0.6) is 0 Å². The summed E-state index contributed by atoms with van der Waals surface area (Å²) < 4.78 is 0. The van der Waals surface area contributed by atoms with Gasteiger partial charge in [-0.3, -0.25) is 9.89 Å². The van der Waals surface area contributed by atoms with Crippen molar-refractivity contribution in [3.8, 4) is 0 Å². The summed E-state index contributed by atoms with van der Waals surface area (Å²) in [6.45, 7) is 9.57. The number of likely N-dealkylation sites (tertiary alicyclic amines) is 3. The third-order valence-electron chi connectivity index (χ3n) is 7.31. The predicted octanol–water partition coefficient (Wildman–Crippen LogP) is 3.42. The molecule has 4 rings (SSSR count). The first-order chi connectivity index (χ1) is 14.8. The van der Waals surface area contributed by atoms with Crippen LogP contribution in [0.1, 0.15) is 50.5 Å². The van der Waals surface area contributed by atoms with Crippen LogP contribution in [0.2, 0.25) is 0 Å². The van der Waals surface area contributed by atoms with Crippen LogP contribution >= 0.6 is 0 Å². The van der Waals surface area contributed by atoms with Gasteiger partial charge >= 0.3 is 0 Å². The minimum Gasteiger partial charge on any atom is -0.356 e. The largest absolute Gasteiger partial charge is 0.356 e. The molecule has 0 aromatic heterocycles. The third-order valence-corrected chi connectivity index (χ3v) is 7.31. The van der Waals surface area contributed by atoms with Gasteiger partial charge < -0.3 is 15.1 Å². The summed E-state index contributed by atoms with van der Waals surface area (Å²) in [5.74, 6) is 1.89. The van der Waals surface area contributed by atoms with Crippen molar-refractivity contribution < 1.29 is 0 Å². The Morgan fingerprint density at radius 2 is 1.83 bits per heavy atom. The average Bonchev–Trinajstić information content (AvgIpc) is 3.30. The molecular weight excluding hydrogens is 370 g/mol. The molecule has 3 heterocycles. The van der Waals surface area contributed by atoms with E-state index in [-0.39, 0.29) is 0 Å². The van der Waals surface area contributed by atoms with Gasteiger partial charge in [-0.2, -0.15) is 0 Å². The first kappa shape index (κ1) is 21.6. The molecule has 3 aliphatic heterocycles. The number of unbranched alkanes of at least 4 members (excludes halogenated alkanes) is 1. The number of nitrogens with zero attached hydrogens (tertiary/aromatic N) is 4. The molecule has 1 N–H and O–H groups in total. The monoisotopic (exact) mass is 411 g/mol. The number of guanidine groups is 1. The van der Waals surface area contributed by atoms with E-state index >= 15 is 0 Å². The van der Waals surface area contributed by atoms with Crippen molar-refractivity contribution in [1.82, 2.24) is 20.0 Å². The van der Waals surface area contributed by atoms with E-state index in [0.29, 0.717) is 0 Å². The maximum atomic E-state index is 4.62. The van der Waals surface area contributed by atoms with E-state index in [9.17, 15) is 0 Å². The van der Waals surface area contributed by atoms with Crippen LogP contribution in [-0.2, 0) is 6.54 Å². The van der Waals surface area contributed by atoms with Crippen molar-refractivity contribution >= 4 is 5.96 Å². The van der Waals surface area contributed by atoms with Crippen molar-refractivity contribution in [3.63, 3.8) is 0 Å². The van der Waals surface area contributed by atoms with Crippen LogP contribution in [0.3, 0.4) is 0 Å². The van der Waals surface area contributed by atoms with Crippen LogP contribution in [0.15, 0.2) is 35.3 Å². The summed E-state index contributed by atoms with van der Waals surface area (Å²) in [6.07, 6.45) is 9.26. The lowest BCUT2D eigenvalue weighted by atomic mass is 9.83. The Hall–Kier alpha value is -1.59. The topological polar surface area (TPSA) is 34.1 Å². The fraction of sp³-hybridized carbons (Fsp3) is 0.720. The Balaban J connectivity index is 1.22. The zero-order valence-electron chi connectivity index (χ0n) is 18.9. The van der Waals surface area contributed by atoms with Crippen LogP contribution in [-0.4, -0.2) is 79.6 Å². The van der Waals surface area contributed by atoms with E-state index in [1.54, 1.807) is 0 Å². The highest BCUT2D eigenvalue weighted by Crippen LogP contribution is 2.31. The Morgan fingerprint density at radius 1 is 1.00 bits per heavy atom. The fourth-order valence-corrected chi connectivity index (χ4v) is 5.71. The van der Waals surface area contributed by atoms with Crippen LogP contribution in [0.4, 0.5) is 0 Å². The van der Waals surface area contributed by atoms with Gasteiger partial charge in [0.25, 0.3) is 0 Å². The quantitative estimate of drug-likeness (QED) is 0.423. The van der Waals surface area contributed by atoms with Crippen molar-refractivity contribution in [2.75, 3.05) is 52.9 Å². The summed E-state index contributed by atoms with van der Waals surface area (Å²) in [5, 5.41) is 3.65. The third kappa shape index (κ3) is 5.76. The lowest BCUT2D eigenvalue weighted by Crippen LogP contribution is -2.56. The minimum absolute atomic E-state index is 0.730. The van der Waals surface area contributed by atoms with E-state index in [1.807, 2.05) is 7.05 Å². The summed E-state index contributed by atoms with van der Waals surface area (Å²) in [6, 6.07) is 11.7. The lowest BCUT2D eigenvalue weighted by Gasteiger charge is -2.48. The van der Waals surface area contributed by atoms with E-state index in [4.69, 9.17) is 0 Å². The predicted molar refractivity (Wildman–Crippen MR) is 126 cm³/mol. The van der Waals surface area contributed by atoms with Gasteiger partial charge in [-0.1, -0.05) is 30.3 Å². The number of benzene rings is 1. The average molecular weight is 412 g/mol. The second-order valence-corrected chi connectivity index (χ2v) is 9.39. The van der Waals surface area contributed by atoms with E-state index in [2.05, 4.69) is 55.3 Å². The first-order valence-corrected chi connectivity index (χ1v) is 12.3. The van der Waals surface area contributed by atoms with Crippen molar-refractivity contribution in [1.29, 1.82) is 0 Å². The molecule has 5 nitrogen and oxygen atoms in total. The smallest absolute Gasteiger partial charge is 0.193 e. The molecule has 2 atom stereocenters. The first-order valence-electron chi connectivity index (χ1n) is 12.3. The molecule has 30 heavy (non-hydrogen) atoms. The van der Waals surface area contributed by atoms with Gasteiger partial charge in [0.1, 0.15) is 0 Å². The number of hydrogen-bond donors (Lipinski definition) is 1. The Bertz CT molecular complexity index is 655. The van der Waals surface area contributed by atoms with Crippen LogP contribution in [0, 0.1) is 5.92 Å². The second-order valence-electron chi connectivity index (χ2n) is 9.39. The molecule has 3 fully saturated rings. The SMILES string of the molecule is CN=C(NCCCCN1CCCC1)N1CCC2C(CCCN2Cc2ccccc2)C1. The van der Waals surface area contributed by atoms with Gasteiger partial charge in [-0.25, -0.2) is 0 Å². The highest BCUT2D eigenvalue weighted by atomic mass is 15.3. The summed E-state index contributed by atoms with van der Waals surface area (Å²) >= 11 is 0. The maximum Gasteiger partial charge on any atom is 0.193 e. The number of nitrogens with one attached hydrogen (secondary N) is 1. The molecule has 1 aromatic rings. The Kier molecular flexibility index (Phi) is 8.04. The standard InChI is InChI=1S/C25H41N5/c1-26-25(27-14-5-6-15-28-16-7-8-17-28)30-19-13-24-23(21-30)12-9-18-29(24)20-22-10-3-2-4-11-22/h2-4,10-11,23-24H,5-9,12-21H2,1H3,(H,26,27). The van der Waals surface area contributed by atoms with E-state index < -0.39 is 0 Å². The zero-order chi connectivity index (χ0) is 20.6. The molecule has 0 aliphatic carbocycles. The summed E-state index contributed by atoms with van der Waals surface area (Å²) in [5.41, 5.74) is 1.45. The summed E-state index contributed by atoms with van der Waals surface area (Å²) in [4.78, 5) is 12.5. The van der Waals surface area contributed by atoms with Gasteiger partial charge in [0.2, 0.25) is 0 Å². The van der Waals surface area contributed by atoms with Crippen LogP contribution < -0.4 is 5.32 Å². The summed E-state index contributed by atoms with van der Waals surface area (Å²) in [7, 11) is 1.95. The van der Waals surface area contributed by atoms with Gasteiger partial charge in [-0.05, 0) is 82.6 Å². The molecule has 166 valence electrons. The molecule has 0 spiro atoms. The van der Waals surface area contributed by atoms with Crippen molar-refractivity contribution in [2.45, 2.75) is 57.5 Å². The molecule has 3 aliphatic rings. The molecule has 0 amide bonds. The van der Waals surface area contributed by atoms with E-state index in [0.717, 1.165) is 44.1 Å². The number of piperidine rings is 2. The lowest BCUT2D eigenvalue weighted by molar-refractivity contribution is 0.0372. The molecule has 3 saturated heterocycles. The molecular formula is C25H41N5. The highest BCUT2D eigenvalue weighted by molar-refractivity contribution is 5.80. The highest BCUT2D eigenvalue weighted by Gasteiger charge is 2.36. The normalized spacial score (nSPS) is 26.0. The number of rotatable bonds is 7. The minimum atomic E-state index is 0.730. The molecule has 0 radical (unpaired) electrons. The molecule has 0 bridgehead atoms. The second kappa shape index (κ2) is 11.1. The molecule has 5 heteroatoms. The molecule has 0 saturated carbocycles. The Morgan fingerprint density at radius 3 is 2.63 bits per heavy atom. The number of hydrogen-bond acceptors (Lipinski definition) is 3. The van der Waals surface area contributed by atoms with Gasteiger partial charge in [0, 0.05) is 39.3 Å². The fourth-order valence-electron chi connectivity index (χ4n) is 5.71. The zero-order valence-corrected chi connectivity index (χ0v) is 18.9. The number of fused-ring (bicyclic) bond motifs is 1. The maximum absolute atomic E-state index is 4.62. The molecule has 2 unspecified atom stereocenters. The van der Waals surface area contributed by atoms with Crippen molar-refractivity contribution in [2.24, 2.45) is 10.9 Å². The van der Waals surface area contributed by atoms with Crippen molar-refractivity contribution in [3.05, 3.63) is 35.9 Å². The van der Waals surface area contributed by atoms with E-state index in [1.165, 1.54) is 76.7 Å².